The molecule has 14 rings (SSSR count). The van der Waals surface area contributed by atoms with Gasteiger partial charge in [0.05, 0.1) is 47.1 Å². The molecule has 0 saturated heterocycles. The number of fused-ring (bicyclic) bond motifs is 19. The quantitative estimate of drug-likeness (QED) is 0.166. The van der Waals surface area contributed by atoms with Gasteiger partial charge in [-0.05, 0) is 92.0 Å². The summed E-state index contributed by atoms with van der Waals surface area (Å²) in [6.07, 6.45) is 0. The van der Waals surface area contributed by atoms with E-state index in [1.807, 2.05) is 12.1 Å². The lowest BCUT2D eigenvalue weighted by atomic mass is 9.65. The number of furan rings is 1. The van der Waals surface area contributed by atoms with E-state index in [2.05, 4.69) is 217 Å². The van der Waals surface area contributed by atoms with Crippen LogP contribution < -0.4 is 10.1 Å². The number of aromatic nitrogens is 1. The molecule has 0 N–H and O–H groups in total. The van der Waals surface area contributed by atoms with Crippen molar-refractivity contribution in [2.24, 2.45) is 0 Å². The molecule has 0 fully saturated rings. The van der Waals surface area contributed by atoms with E-state index in [0.717, 1.165) is 38.8 Å². The van der Waals surface area contributed by atoms with Gasteiger partial charge >= 0.3 is 0 Å². The normalized spacial score (nSPS) is 14.9. The zero-order valence-electron chi connectivity index (χ0n) is 36.7. The van der Waals surface area contributed by atoms with E-state index >= 15 is 0 Å². The molecule has 66 heavy (non-hydrogen) atoms. The highest BCUT2D eigenvalue weighted by Gasteiger charge is 2.52. The lowest BCUT2D eigenvalue weighted by molar-refractivity contribution is 0.668. The number of nitriles is 1. The van der Waals surface area contributed by atoms with Crippen LogP contribution >= 0.6 is 0 Å². The van der Waals surface area contributed by atoms with Crippen LogP contribution in [-0.2, 0) is 5.41 Å². The van der Waals surface area contributed by atoms with Crippen LogP contribution in [0.25, 0.3) is 82.1 Å². The van der Waals surface area contributed by atoms with E-state index in [9.17, 15) is 5.26 Å². The van der Waals surface area contributed by atoms with Crippen LogP contribution in [0.2, 0.25) is 19.6 Å². The fraction of sp³-hybridized carbons (Fsp3) is 0.0656. The molecule has 1 aliphatic heterocycles. The Kier molecular flexibility index (Phi) is 7.45. The van der Waals surface area contributed by atoms with Gasteiger partial charge in [-0.1, -0.05) is 176 Å². The minimum atomic E-state index is -1.64. The Hall–Kier alpha value is -8.17. The molecular formula is C61H41N3OSi. The highest BCUT2D eigenvalue weighted by atomic mass is 28.3. The number of benzene rings is 10. The molecule has 1 spiro atoms. The average molecular weight is 860 g/mol. The number of hydrogen-bond acceptors (Lipinski definition) is 3. The first kappa shape index (κ1) is 37.2. The Morgan fingerprint density at radius 2 is 1.14 bits per heavy atom. The van der Waals surface area contributed by atoms with Crippen molar-refractivity contribution in [1.82, 2.24) is 4.57 Å². The van der Waals surface area contributed by atoms with Crippen molar-refractivity contribution in [2.75, 3.05) is 4.90 Å². The molecule has 3 heterocycles. The summed E-state index contributed by atoms with van der Waals surface area (Å²) in [5.41, 5.74) is 15.5. The van der Waals surface area contributed by atoms with Crippen LogP contribution in [0.1, 0.15) is 27.8 Å². The summed E-state index contributed by atoms with van der Waals surface area (Å²) in [6.45, 7) is 7.20. The summed E-state index contributed by atoms with van der Waals surface area (Å²) in [5.74, 6) is 0. The lowest BCUT2D eigenvalue weighted by Gasteiger charge is -2.40. The van der Waals surface area contributed by atoms with Crippen molar-refractivity contribution in [1.29, 1.82) is 5.26 Å². The molecule has 0 amide bonds. The summed E-state index contributed by atoms with van der Waals surface area (Å²) in [4.78, 5) is 2.43. The molecule has 5 heteroatoms. The highest BCUT2D eigenvalue weighted by Crippen LogP contribution is 2.64. The largest absolute Gasteiger partial charge is 0.452 e. The predicted octanol–water partition coefficient (Wildman–Crippen LogP) is 15.6. The zero-order chi connectivity index (χ0) is 44.1. The molecule has 0 bridgehead atoms. The SMILES string of the molecule is C[Si](C)(C)c1ccc(N(c2cc3c(c4ccccc24)-c2c(ccc4ccccc24)C32c3ccccc3-n3c4ccccc4c4cccc2c43)c2cccc3c2oc2c(C#N)cccc23)cc1. The molecule has 10 aromatic carbocycles. The Labute approximate surface area is 382 Å². The molecule has 2 aromatic heterocycles. The van der Waals surface area contributed by atoms with Crippen molar-refractivity contribution in [3.05, 3.63) is 222 Å². The molecule has 310 valence electrons. The summed E-state index contributed by atoms with van der Waals surface area (Å²) in [5, 5.41) is 20.9. The van der Waals surface area contributed by atoms with E-state index < -0.39 is 13.5 Å². The van der Waals surface area contributed by atoms with Gasteiger partial charge < -0.3 is 13.9 Å². The van der Waals surface area contributed by atoms with Crippen LogP contribution in [0, 0.1) is 11.3 Å². The number of para-hydroxylation sites is 5. The van der Waals surface area contributed by atoms with Crippen molar-refractivity contribution >= 4 is 95.6 Å². The Morgan fingerprint density at radius 1 is 0.500 bits per heavy atom. The third-order valence-corrected chi connectivity index (χ3v) is 16.8. The minimum Gasteiger partial charge on any atom is -0.452 e. The molecule has 1 aliphatic carbocycles. The van der Waals surface area contributed by atoms with E-state index in [-0.39, 0.29) is 0 Å². The Morgan fingerprint density at radius 3 is 1.95 bits per heavy atom. The smallest absolute Gasteiger partial charge is 0.159 e. The topological polar surface area (TPSA) is 45.1 Å². The van der Waals surface area contributed by atoms with Crippen LogP contribution in [-0.4, -0.2) is 12.6 Å². The van der Waals surface area contributed by atoms with Gasteiger partial charge in [-0.15, -0.1) is 0 Å². The second-order valence-corrected chi connectivity index (χ2v) is 24.2. The van der Waals surface area contributed by atoms with Gasteiger partial charge in [-0.25, -0.2) is 0 Å². The summed E-state index contributed by atoms with van der Waals surface area (Å²) in [7, 11) is -1.64. The van der Waals surface area contributed by atoms with E-state index in [1.165, 1.54) is 82.2 Å². The lowest BCUT2D eigenvalue weighted by Crippen LogP contribution is -2.37. The van der Waals surface area contributed by atoms with Crippen LogP contribution in [0.5, 0.6) is 0 Å². The maximum Gasteiger partial charge on any atom is 0.159 e. The van der Waals surface area contributed by atoms with Crippen LogP contribution in [0.15, 0.2) is 199 Å². The van der Waals surface area contributed by atoms with Crippen LogP contribution in [0.3, 0.4) is 0 Å². The summed E-state index contributed by atoms with van der Waals surface area (Å²) < 4.78 is 9.43. The number of anilines is 3. The van der Waals surface area contributed by atoms with Gasteiger partial charge in [0.15, 0.2) is 11.2 Å². The minimum absolute atomic E-state index is 0.526. The number of rotatable bonds is 4. The van der Waals surface area contributed by atoms with Crippen molar-refractivity contribution < 1.29 is 4.42 Å². The molecule has 0 radical (unpaired) electrons. The molecule has 1 unspecified atom stereocenters. The third-order valence-electron chi connectivity index (χ3n) is 14.8. The maximum atomic E-state index is 10.3. The van der Waals surface area contributed by atoms with Crippen molar-refractivity contribution in [3.63, 3.8) is 0 Å². The molecular weight excluding hydrogens is 819 g/mol. The van der Waals surface area contributed by atoms with E-state index in [1.54, 1.807) is 0 Å². The van der Waals surface area contributed by atoms with E-state index in [4.69, 9.17) is 4.42 Å². The third kappa shape index (κ3) is 4.71. The summed E-state index contributed by atoms with van der Waals surface area (Å²) in [6, 6.07) is 74.1. The van der Waals surface area contributed by atoms with Crippen molar-refractivity contribution in [3.8, 4) is 22.9 Å². The van der Waals surface area contributed by atoms with Gasteiger partial charge in [0.1, 0.15) is 6.07 Å². The van der Waals surface area contributed by atoms with Gasteiger partial charge in [0, 0.05) is 32.6 Å². The highest BCUT2D eigenvalue weighted by molar-refractivity contribution is 6.88. The van der Waals surface area contributed by atoms with Crippen LogP contribution in [0.4, 0.5) is 17.1 Å². The fourth-order valence-electron chi connectivity index (χ4n) is 12.0. The van der Waals surface area contributed by atoms with Gasteiger partial charge in [-0.2, -0.15) is 5.26 Å². The molecule has 12 aromatic rings. The standard InChI is InChI=1S/C61H41N3OSi/c1-66(2,3)40-32-30-39(31-33-40)63(54-28-14-23-47-46-22-12-16-38(36-62)59(46)65-60(47)54)55-35-51-57(44-20-7-6-18-42(44)55)56-41-17-5-4-15-37(41)29-34-49(56)61(51)48-24-9-11-27-53(48)64-52-26-10-8-19-43(52)45-21-13-25-50(61)58(45)64/h4-35H,1-3H3. The fourth-order valence-corrected chi connectivity index (χ4v) is 13.1. The molecule has 0 saturated carbocycles. The van der Waals surface area contributed by atoms with Crippen molar-refractivity contribution in [2.45, 2.75) is 25.1 Å². The first-order chi connectivity index (χ1) is 32.4. The summed E-state index contributed by atoms with van der Waals surface area (Å²) >= 11 is 0. The number of hydrogen-bond donors (Lipinski definition) is 0. The number of nitrogens with zero attached hydrogens (tertiary/aromatic N) is 3. The van der Waals surface area contributed by atoms with Gasteiger partial charge in [-0.3, -0.25) is 0 Å². The Bertz CT molecular complexity index is 4120. The zero-order valence-corrected chi connectivity index (χ0v) is 37.7. The average Bonchev–Trinajstić information content (AvgIpc) is 4.01. The van der Waals surface area contributed by atoms with E-state index in [0.29, 0.717) is 11.1 Å². The Balaban J connectivity index is 1.18. The molecule has 2 aliphatic rings. The second-order valence-electron chi connectivity index (χ2n) is 19.1. The first-order valence-electron chi connectivity index (χ1n) is 22.8. The van der Waals surface area contributed by atoms with Gasteiger partial charge in [0.25, 0.3) is 0 Å². The first-order valence-corrected chi connectivity index (χ1v) is 26.3. The monoisotopic (exact) mass is 859 g/mol. The second kappa shape index (κ2) is 13.2. The molecule has 1 atom stereocenters. The molecule has 4 nitrogen and oxygen atoms in total. The van der Waals surface area contributed by atoms with Gasteiger partial charge in [0.2, 0.25) is 0 Å². The maximum absolute atomic E-state index is 10.3. The predicted molar refractivity (Wildman–Crippen MR) is 276 cm³/mol.